The molecule has 0 aromatic carbocycles. The summed E-state index contributed by atoms with van der Waals surface area (Å²) in [5.41, 5.74) is 6.19. The number of allylic oxidation sites excluding steroid dienone is 1. The summed E-state index contributed by atoms with van der Waals surface area (Å²) < 4.78 is 0. The molecule has 0 spiro atoms. The number of nitrogens with two attached hydrogens (primary N) is 1. The monoisotopic (exact) mass is 417 g/mol. The van der Waals surface area contributed by atoms with Gasteiger partial charge in [-0.05, 0) is 44.9 Å². The summed E-state index contributed by atoms with van der Waals surface area (Å²) in [6, 6.07) is -0.654. The second kappa shape index (κ2) is 9.99. The minimum atomic E-state index is -0.654. The Kier molecular flexibility index (Phi) is 7.15. The number of carbonyl (C=O) groups excluding carboxylic acids is 2. The van der Waals surface area contributed by atoms with Crippen LogP contribution < -0.4 is 21.3 Å². The van der Waals surface area contributed by atoms with Crippen LogP contribution in [-0.4, -0.2) is 52.4 Å². The van der Waals surface area contributed by atoms with Crippen molar-refractivity contribution in [1.29, 1.82) is 0 Å². The van der Waals surface area contributed by atoms with E-state index in [4.69, 9.17) is 5.73 Å². The molecular formula is C19H27N7O4. The van der Waals surface area contributed by atoms with Gasteiger partial charge in [-0.15, -0.1) is 0 Å². The lowest BCUT2D eigenvalue weighted by molar-refractivity contribution is -0.383. The van der Waals surface area contributed by atoms with Crippen LogP contribution in [0.15, 0.2) is 18.0 Å². The zero-order valence-electron chi connectivity index (χ0n) is 16.8. The molecule has 2 aliphatic rings. The Balaban J connectivity index is 1.76. The topological polar surface area (TPSA) is 156 Å². The quantitative estimate of drug-likeness (QED) is 0.308. The van der Waals surface area contributed by atoms with Gasteiger partial charge >= 0.3 is 5.69 Å². The predicted molar refractivity (Wildman–Crippen MR) is 111 cm³/mol. The van der Waals surface area contributed by atoms with Gasteiger partial charge in [0.05, 0.1) is 11.5 Å². The van der Waals surface area contributed by atoms with Gasteiger partial charge in [-0.2, -0.15) is 0 Å². The van der Waals surface area contributed by atoms with E-state index in [1.807, 2.05) is 0 Å². The molecule has 1 unspecified atom stereocenters. The van der Waals surface area contributed by atoms with Crippen molar-refractivity contribution in [2.24, 2.45) is 5.73 Å². The Morgan fingerprint density at radius 2 is 2.13 bits per heavy atom. The second-order valence-corrected chi connectivity index (χ2v) is 7.47. The summed E-state index contributed by atoms with van der Waals surface area (Å²) in [5.74, 6) is -0.811. The molecule has 0 saturated carbocycles. The van der Waals surface area contributed by atoms with E-state index in [1.165, 1.54) is 24.7 Å². The summed E-state index contributed by atoms with van der Waals surface area (Å²) in [6.45, 7) is 0.697. The molecule has 11 heteroatoms. The number of nitro groups is 1. The highest BCUT2D eigenvalue weighted by Gasteiger charge is 2.37. The fourth-order valence-corrected chi connectivity index (χ4v) is 3.94. The maximum absolute atomic E-state index is 12.5. The number of nitrogens with one attached hydrogen (secondary N) is 2. The van der Waals surface area contributed by atoms with Crippen molar-refractivity contribution in [3.63, 3.8) is 0 Å². The maximum atomic E-state index is 12.5. The van der Waals surface area contributed by atoms with Gasteiger partial charge < -0.3 is 21.3 Å². The van der Waals surface area contributed by atoms with Crippen LogP contribution in [0.2, 0.25) is 0 Å². The van der Waals surface area contributed by atoms with Gasteiger partial charge in [0.1, 0.15) is 12.4 Å². The van der Waals surface area contributed by atoms with Crippen LogP contribution in [0.1, 0.15) is 44.9 Å². The van der Waals surface area contributed by atoms with E-state index < -0.39 is 22.8 Å². The maximum Gasteiger partial charge on any atom is 0.353 e. The summed E-state index contributed by atoms with van der Waals surface area (Å²) >= 11 is 0. The van der Waals surface area contributed by atoms with Gasteiger partial charge in [0, 0.05) is 13.1 Å². The van der Waals surface area contributed by atoms with Crippen LogP contribution in [0.3, 0.4) is 0 Å². The number of hydrogen-bond acceptors (Lipinski definition) is 8. The van der Waals surface area contributed by atoms with Crippen LogP contribution in [0.5, 0.6) is 0 Å². The van der Waals surface area contributed by atoms with Gasteiger partial charge in [0.25, 0.3) is 0 Å². The zero-order valence-corrected chi connectivity index (χ0v) is 16.8. The normalized spacial score (nSPS) is 18.6. The fraction of sp³-hybridized carbons (Fsp3) is 0.579. The van der Waals surface area contributed by atoms with Gasteiger partial charge in [-0.1, -0.05) is 11.6 Å². The Bertz CT molecular complexity index is 842. The number of primary amides is 1. The van der Waals surface area contributed by atoms with Crippen LogP contribution in [0.25, 0.3) is 0 Å². The van der Waals surface area contributed by atoms with Crippen LogP contribution in [0, 0.1) is 10.1 Å². The van der Waals surface area contributed by atoms with Crippen molar-refractivity contribution >= 4 is 29.1 Å². The molecule has 3 rings (SSSR count). The van der Waals surface area contributed by atoms with Crippen LogP contribution >= 0.6 is 0 Å². The third-order valence-electron chi connectivity index (χ3n) is 5.37. The van der Waals surface area contributed by atoms with E-state index in [0.29, 0.717) is 25.9 Å². The Morgan fingerprint density at radius 1 is 1.30 bits per heavy atom. The summed E-state index contributed by atoms with van der Waals surface area (Å²) in [6.07, 6.45) is 10.0. The number of amides is 2. The highest BCUT2D eigenvalue weighted by molar-refractivity contribution is 5.90. The van der Waals surface area contributed by atoms with E-state index in [9.17, 15) is 19.7 Å². The third-order valence-corrected chi connectivity index (χ3v) is 5.37. The van der Waals surface area contributed by atoms with Crippen molar-refractivity contribution in [3.8, 4) is 0 Å². The molecule has 1 aliphatic carbocycles. The lowest BCUT2D eigenvalue weighted by Crippen LogP contribution is -2.46. The second-order valence-electron chi connectivity index (χ2n) is 7.47. The first-order valence-electron chi connectivity index (χ1n) is 10.2. The average Bonchev–Trinajstić information content (AvgIpc) is 3.22. The summed E-state index contributed by atoms with van der Waals surface area (Å²) in [4.78, 5) is 44.5. The van der Waals surface area contributed by atoms with E-state index >= 15 is 0 Å². The molecule has 1 aromatic heterocycles. The molecule has 2 heterocycles. The molecule has 0 radical (unpaired) electrons. The average molecular weight is 417 g/mol. The Labute approximate surface area is 174 Å². The molecule has 30 heavy (non-hydrogen) atoms. The van der Waals surface area contributed by atoms with Crippen molar-refractivity contribution in [1.82, 2.24) is 15.3 Å². The molecular weight excluding hydrogens is 390 g/mol. The predicted octanol–water partition coefficient (Wildman–Crippen LogP) is 1.26. The molecule has 162 valence electrons. The van der Waals surface area contributed by atoms with E-state index in [1.54, 1.807) is 4.90 Å². The number of aromatic nitrogens is 2. The zero-order chi connectivity index (χ0) is 21.5. The Hall–Kier alpha value is -3.24. The molecule has 11 nitrogen and oxygen atoms in total. The minimum absolute atomic E-state index is 0.103. The summed E-state index contributed by atoms with van der Waals surface area (Å²) in [5, 5.41) is 17.4. The highest BCUT2D eigenvalue weighted by Crippen LogP contribution is 2.35. The van der Waals surface area contributed by atoms with Gasteiger partial charge in [0.2, 0.25) is 23.5 Å². The fourth-order valence-electron chi connectivity index (χ4n) is 3.94. The molecule has 1 aromatic rings. The van der Waals surface area contributed by atoms with Crippen molar-refractivity contribution in [2.45, 2.75) is 51.0 Å². The van der Waals surface area contributed by atoms with Crippen LogP contribution in [-0.2, 0) is 9.59 Å². The third kappa shape index (κ3) is 5.22. The van der Waals surface area contributed by atoms with E-state index in [0.717, 1.165) is 19.3 Å². The number of anilines is 2. The van der Waals surface area contributed by atoms with Gasteiger partial charge in [0.15, 0.2) is 0 Å². The largest absolute Gasteiger partial charge is 0.368 e. The standard InChI is InChI=1S/C19H27N7O4/c20-15(27)11-22-19(28)14-7-4-10-25(14)18-16(26(29)30)17(23-12-24-18)21-9-8-13-5-2-1-3-6-13/h5,12,14H,1-4,6-11H2,(H2,20,27)(H,22,28)(H,21,23,24). The van der Waals surface area contributed by atoms with Crippen LogP contribution in [0.4, 0.5) is 17.3 Å². The SMILES string of the molecule is NC(=O)CNC(=O)C1CCCN1c1ncnc(NCCC2=CCCCC2)c1[N+](=O)[O-]. The molecule has 1 saturated heterocycles. The first kappa shape index (κ1) is 21.5. The lowest BCUT2D eigenvalue weighted by Gasteiger charge is -2.24. The van der Waals surface area contributed by atoms with Gasteiger partial charge in [-0.3, -0.25) is 19.7 Å². The molecule has 0 bridgehead atoms. The number of hydrogen-bond donors (Lipinski definition) is 3. The van der Waals surface area contributed by atoms with E-state index in [-0.39, 0.29) is 23.9 Å². The summed E-state index contributed by atoms with van der Waals surface area (Å²) in [7, 11) is 0. The highest BCUT2D eigenvalue weighted by atomic mass is 16.6. The molecule has 2 amide bonds. The van der Waals surface area contributed by atoms with Crippen molar-refractivity contribution in [2.75, 3.05) is 29.9 Å². The minimum Gasteiger partial charge on any atom is -0.368 e. The van der Waals surface area contributed by atoms with Gasteiger partial charge in [-0.25, -0.2) is 9.97 Å². The smallest absolute Gasteiger partial charge is 0.353 e. The Morgan fingerprint density at radius 3 is 2.83 bits per heavy atom. The number of carbonyl (C=O) groups is 2. The van der Waals surface area contributed by atoms with Crippen molar-refractivity contribution < 1.29 is 14.5 Å². The first-order valence-corrected chi connectivity index (χ1v) is 10.2. The molecule has 1 fully saturated rings. The number of rotatable bonds is 9. The molecule has 1 aliphatic heterocycles. The first-order chi connectivity index (χ1) is 14.5. The molecule has 4 N–H and O–H groups in total. The molecule has 1 atom stereocenters. The lowest BCUT2D eigenvalue weighted by atomic mass is 9.97. The van der Waals surface area contributed by atoms with E-state index in [2.05, 4.69) is 26.7 Å². The van der Waals surface area contributed by atoms with Crippen molar-refractivity contribution in [3.05, 3.63) is 28.1 Å². The number of nitrogens with zero attached hydrogens (tertiary/aromatic N) is 4.